The van der Waals surface area contributed by atoms with Crippen LogP contribution >= 0.6 is 0 Å². The zero-order chi connectivity index (χ0) is 15.9. The quantitative estimate of drug-likeness (QED) is 0.842. The Morgan fingerprint density at radius 2 is 2.09 bits per heavy atom. The van der Waals surface area contributed by atoms with Crippen molar-refractivity contribution in [3.63, 3.8) is 0 Å². The summed E-state index contributed by atoms with van der Waals surface area (Å²) in [4.78, 5) is 29.5. The lowest BCUT2D eigenvalue weighted by Gasteiger charge is -2.23. The van der Waals surface area contributed by atoms with Crippen LogP contribution in [0.1, 0.15) is 44.7 Å². The Morgan fingerprint density at radius 1 is 1.36 bits per heavy atom. The highest BCUT2D eigenvalue weighted by Crippen LogP contribution is 2.15. The molecule has 0 bridgehead atoms. The summed E-state index contributed by atoms with van der Waals surface area (Å²) >= 11 is 0. The molecule has 1 fully saturated rings. The van der Waals surface area contributed by atoms with Gasteiger partial charge in [0.25, 0.3) is 0 Å². The fourth-order valence-corrected chi connectivity index (χ4v) is 2.71. The molecule has 0 unspecified atom stereocenters. The van der Waals surface area contributed by atoms with Crippen LogP contribution < -0.4 is 10.6 Å². The first-order chi connectivity index (χ1) is 10.6. The number of amides is 3. The van der Waals surface area contributed by atoms with Crippen LogP contribution in [0.3, 0.4) is 0 Å². The van der Waals surface area contributed by atoms with Crippen molar-refractivity contribution >= 4 is 11.9 Å². The highest BCUT2D eigenvalue weighted by molar-refractivity contribution is 5.78. The molecule has 2 rings (SSSR count). The molecule has 0 aromatic carbocycles. The maximum Gasteiger partial charge on any atom is 0.315 e. The van der Waals surface area contributed by atoms with Crippen molar-refractivity contribution in [3.8, 4) is 0 Å². The minimum Gasteiger partial charge on any atom is -0.341 e. The van der Waals surface area contributed by atoms with Gasteiger partial charge in [0.05, 0.1) is 6.04 Å². The van der Waals surface area contributed by atoms with Crippen LogP contribution in [0.15, 0.2) is 24.5 Å². The molecule has 0 saturated carbocycles. The number of carbonyl (C=O) groups excluding carboxylic acids is 2. The van der Waals surface area contributed by atoms with Gasteiger partial charge in [-0.1, -0.05) is 6.92 Å². The maximum absolute atomic E-state index is 12.1. The maximum atomic E-state index is 12.1. The van der Waals surface area contributed by atoms with Gasteiger partial charge < -0.3 is 15.5 Å². The van der Waals surface area contributed by atoms with Crippen molar-refractivity contribution in [2.24, 2.45) is 0 Å². The minimum atomic E-state index is -0.206. The number of rotatable bonds is 6. The summed E-state index contributed by atoms with van der Waals surface area (Å²) in [5, 5.41) is 5.87. The molecule has 3 amide bonds. The first-order valence-electron chi connectivity index (χ1n) is 7.85. The predicted octanol–water partition coefficient (Wildman–Crippen LogP) is 1.84. The molecule has 0 spiro atoms. The standard InChI is InChI=1S/C16H24N4O2/c1-3-14(13-6-8-17-9-7-13)19-16(22)18-12(2)11-20-10-4-5-15(20)21/h6-9,12,14H,3-5,10-11H2,1-2H3,(H2,18,19,22)/t12-,14-/m0/s1. The molecule has 1 aliphatic heterocycles. The Kier molecular flexibility index (Phi) is 5.75. The van der Waals surface area contributed by atoms with E-state index in [1.54, 1.807) is 12.4 Å². The highest BCUT2D eigenvalue weighted by atomic mass is 16.2. The number of urea groups is 1. The summed E-state index contributed by atoms with van der Waals surface area (Å²) in [6, 6.07) is 3.49. The fraction of sp³-hybridized carbons (Fsp3) is 0.562. The number of likely N-dealkylation sites (tertiary alicyclic amines) is 1. The number of carbonyl (C=O) groups is 2. The summed E-state index contributed by atoms with van der Waals surface area (Å²) in [6.45, 7) is 5.30. The van der Waals surface area contributed by atoms with E-state index >= 15 is 0 Å². The van der Waals surface area contributed by atoms with Crippen LogP contribution in [0.4, 0.5) is 4.79 Å². The summed E-state index contributed by atoms with van der Waals surface area (Å²) in [7, 11) is 0. The Labute approximate surface area is 131 Å². The topological polar surface area (TPSA) is 74.3 Å². The van der Waals surface area contributed by atoms with E-state index in [2.05, 4.69) is 15.6 Å². The average Bonchev–Trinajstić information content (AvgIpc) is 2.90. The van der Waals surface area contributed by atoms with Crippen LogP contribution in [0.5, 0.6) is 0 Å². The number of hydrogen-bond acceptors (Lipinski definition) is 3. The smallest absolute Gasteiger partial charge is 0.315 e. The number of aromatic nitrogens is 1. The van der Waals surface area contributed by atoms with Crippen LogP contribution in [0, 0.1) is 0 Å². The number of nitrogens with zero attached hydrogens (tertiary/aromatic N) is 2. The van der Waals surface area contributed by atoms with Crippen molar-refractivity contribution in [3.05, 3.63) is 30.1 Å². The van der Waals surface area contributed by atoms with Gasteiger partial charge in [-0.2, -0.15) is 0 Å². The Bertz CT molecular complexity index is 506. The fourth-order valence-electron chi connectivity index (χ4n) is 2.71. The third-order valence-electron chi connectivity index (χ3n) is 3.87. The lowest BCUT2D eigenvalue weighted by Crippen LogP contribution is -2.47. The van der Waals surface area contributed by atoms with Crippen molar-refractivity contribution in [2.75, 3.05) is 13.1 Å². The van der Waals surface area contributed by atoms with Crippen LogP contribution in [0.2, 0.25) is 0 Å². The van der Waals surface area contributed by atoms with Gasteiger partial charge in [0, 0.05) is 37.9 Å². The van der Waals surface area contributed by atoms with E-state index in [-0.39, 0.29) is 24.0 Å². The lowest BCUT2D eigenvalue weighted by molar-refractivity contribution is -0.127. The van der Waals surface area contributed by atoms with Gasteiger partial charge in [-0.3, -0.25) is 9.78 Å². The summed E-state index contributed by atoms with van der Waals surface area (Å²) < 4.78 is 0. The molecule has 2 N–H and O–H groups in total. The largest absolute Gasteiger partial charge is 0.341 e. The van der Waals surface area contributed by atoms with Crippen molar-refractivity contribution in [1.29, 1.82) is 0 Å². The average molecular weight is 304 g/mol. The number of hydrogen-bond donors (Lipinski definition) is 2. The molecule has 2 atom stereocenters. The summed E-state index contributed by atoms with van der Waals surface area (Å²) in [5.74, 6) is 0.178. The van der Waals surface area contributed by atoms with E-state index in [0.717, 1.165) is 24.9 Å². The molecule has 6 heteroatoms. The molecule has 6 nitrogen and oxygen atoms in total. The van der Waals surface area contributed by atoms with Gasteiger partial charge in [0.2, 0.25) is 5.91 Å². The molecule has 1 aromatic heterocycles. The highest BCUT2D eigenvalue weighted by Gasteiger charge is 2.22. The molecule has 0 radical (unpaired) electrons. The second-order valence-corrected chi connectivity index (χ2v) is 5.70. The zero-order valence-corrected chi connectivity index (χ0v) is 13.2. The monoisotopic (exact) mass is 304 g/mol. The van der Waals surface area contributed by atoms with Gasteiger partial charge in [0.1, 0.15) is 0 Å². The van der Waals surface area contributed by atoms with Crippen molar-refractivity contribution < 1.29 is 9.59 Å². The lowest BCUT2D eigenvalue weighted by atomic mass is 10.1. The van der Waals surface area contributed by atoms with E-state index in [1.165, 1.54) is 0 Å². The van der Waals surface area contributed by atoms with E-state index in [4.69, 9.17) is 0 Å². The van der Waals surface area contributed by atoms with E-state index < -0.39 is 0 Å². The van der Waals surface area contributed by atoms with E-state index in [9.17, 15) is 9.59 Å². The molecule has 1 aliphatic rings. The summed E-state index contributed by atoms with van der Waals surface area (Å²) in [6.07, 6.45) is 5.78. The Morgan fingerprint density at radius 3 is 2.68 bits per heavy atom. The Hall–Kier alpha value is -2.11. The second-order valence-electron chi connectivity index (χ2n) is 5.70. The van der Waals surface area contributed by atoms with Crippen molar-refractivity contribution in [1.82, 2.24) is 20.5 Å². The number of pyridine rings is 1. The van der Waals surface area contributed by atoms with Gasteiger partial charge in [-0.25, -0.2) is 4.79 Å². The molecule has 1 aromatic rings. The van der Waals surface area contributed by atoms with E-state index in [1.807, 2.05) is 30.9 Å². The molecule has 1 saturated heterocycles. The third-order valence-corrected chi connectivity index (χ3v) is 3.87. The number of nitrogens with one attached hydrogen (secondary N) is 2. The first kappa shape index (κ1) is 16.3. The molecule has 0 aliphatic carbocycles. The van der Waals surface area contributed by atoms with Gasteiger partial charge >= 0.3 is 6.03 Å². The molecule has 2 heterocycles. The normalized spacial score (nSPS) is 17.2. The van der Waals surface area contributed by atoms with Gasteiger partial charge in [0.15, 0.2) is 0 Å². The molecular formula is C16H24N4O2. The molecule has 120 valence electrons. The minimum absolute atomic E-state index is 0.0383. The third kappa shape index (κ3) is 4.44. The van der Waals surface area contributed by atoms with Crippen molar-refractivity contribution in [2.45, 2.75) is 45.2 Å². The Balaban J connectivity index is 1.82. The van der Waals surface area contributed by atoms with E-state index in [0.29, 0.717) is 13.0 Å². The SMILES string of the molecule is CC[C@H](NC(=O)N[C@@H](C)CN1CCCC1=O)c1ccncc1. The second kappa shape index (κ2) is 7.77. The van der Waals surface area contributed by atoms with Crippen LogP contribution in [-0.4, -0.2) is 41.0 Å². The molecular weight excluding hydrogens is 280 g/mol. The van der Waals surface area contributed by atoms with Crippen LogP contribution in [-0.2, 0) is 4.79 Å². The predicted molar refractivity (Wildman–Crippen MR) is 84.2 cm³/mol. The van der Waals surface area contributed by atoms with Gasteiger partial charge in [-0.05, 0) is 37.5 Å². The first-order valence-corrected chi connectivity index (χ1v) is 7.85. The summed E-state index contributed by atoms with van der Waals surface area (Å²) in [5.41, 5.74) is 1.04. The van der Waals surface area contributed by atoms with Crippen LogP contribution in [0.25, 0.3) is 0 Å². The zero-order valence-electron chi connectivity index (χ0n) is 13.2. The van der Waals surface area contributed by atoms with Gasteiger partial charge in [-0.15, -0.1) is 0 Å². The molecule has 22 heavy (non-hydrogen) atoms.